The van der Waals surface area contributed by atoms with Gasteiger partial charge in [0.1, 0.15) is 21.1 Å². The van der Waals surface area contributed by atoms with Crippen molar-refractivity contribution < 1.29 is 34.7 Å². The van der Waals surface area contributed by atoms with Gasteiger partial charge in [0.05, 0.1) is 7.11 Å². The molecule has 0 unspecified atom stereocenters. The van der Waals surface area contributed by atoms with Crippen LogP contribution in [0.3, 0.4) is 0 Å². The molecule has 8 nitrogen and oxygen atoms in total. The van der Waals surface area contributed by atoms with E-state index in [0.717, 1.165) is 30.4 Å². The maximum Gasteiger partial charge on any atom is 0.341 e. The van der Waals surface area contributed by atoms with Crippen LogP contribution in [0, 0.1) is 13.8 Å². The standard InChI is InChI=1S/C22H20O8S2/c1-15-4-9-18(10-5-15)31(24,25)29-17-8-13-20(22(23)28-3)21(14-17)30-32(26,27)19-11-6-16(2)7-12-19/h4-14H,1-3H3. The van der Waals surface area contributed by atoms with Crippen molar-refractivity contribution in [3.63, 3.8) is 0 Å². The van der Waals surface area contributed by atoms with Crippen molar-refractivity contribution in [2.24, 2.45) is 0 Å². The Morgan fingerprint density at radius 1 is 0.688 bits per heavy atom. The molecule has 32 heavy (non-hydrogen) atoms. The van der Waals surface area contributed by atoms with Gasteiger partial charge in [-0.15, -0.1) is 0 Å². The van der Waals surface area contributed by atoms with Gasteiger partial charge in [0.15, 0.2) is 5.75 Å². The van der Waals surface area contributed by atoms with E-state index in [2.05, 4.69) is 4.74 Å². The third-order valence-corrected chi connectivity index (χ3v) is 6.89. The van der Waals surface area contributed by atoms with Crippen LogP contribution < -0.4 is 8.37 Å². The molecule has 0 saturated carbocycles. The number of methoxy groups -OCH3 is 1. The summed E-state index contributed by atoms with van der Waals surface area (Å²) in [5.74, 6) is -1.55. The largest absolute Gasteiger partial charge is 0.465 e. The van der Waals surface area contributed by atoms with Gasteiger partial charge in [-0.25, -0.2) is 4.79 Å². The fraction of sp³-hybridized carbons (Fsp3) is 0.136. The third-order valence-electron chi connectivity index (χ3n) is 4.38. The van der Waals surface area contributed by atoms with Gasteiger partial charge in [-0.3, -0.25) is 0 Å². The Labute approximate surface area is 186 Å². The fourth-order valence-corrected chi connectivity index (χ4v) is 4.52. The van der Waals surface area contributed by atoms with E-state index in [9.17, 15) is 21.6 Å². The number of aryl methyl sites for hydroxylation is 2. The van der Waals surface area contributed by atoms with Gasteiger partial charge in [-0.1, -0.05) is 35.4 Å². The highest BCUT2D eigenvalue weighted by Crippen LogP contribution is 2.30. The van der Waals surface area contributed by atoms with Gasteiger partial charge in [-0.05, 0) is 50.2 Å². The molecule has 3 aromatic carbocycles. The number of benzene rings is 3. The van der Waals surface area contributed by atoms with Crippen LogP contribution in [0.25, 0.3) is 0 Å². The maximum atomic E-state index is 12.7. The van der Waals surface area contributed by atoms with E-state index >= 15 is 0 Å². The van der Waals surface area contributed by atoms with E-state index in [0.29, 0.717) is 0 Å². The molecule has 0 aromatic heterocycles. The van der Waals surface area contributed by atoms with Gasteiger partial charge in [-0.2, -0.15) is 16.8 Å². The van der Waals surface area contributed by atoms with Crippen LogP contribution >= 0.6 is 0 Å². The summed E-state index contributed by atoms with van der Waals surface area (Å²) >= 11 is 0. The average molecular weight is 477 g/mol. The number of carbonyl (C=O) groups is 1. The summed E-state index contributed by atoms with van der Waals surface area (Å²) in [4.78, 5) is 11.9. The summed E-state index contributed by atoms with van der Waals surface area (Å²) < 4.78 is 65.4. The summed E-state index contributed by atoms with van der Waals surface area (Å²) in [6.45, 7) is 3.60. The van der Waals surface area contributed by atoms with Crippen molar-refractivity contribution >= 4 is 26.2 Å². The molecular formula is C22H20O8S2. The summed E-state index contributed by atoms with van der Waals surface area (Å²) in [7, 11) is -7.41. The highest BCUT2D eigenvalue weighted by Gasteiger charge is 2.24. The van der Waals surface area contributed by atoms with Crippen LogP contribution in [0.15, 0.2) is 76.5 Å². The third kappa shape index (κ3) is 5.27. The summed E-state index contributed by atoms with van der Waals surface area (Å²) in [6.07, 6.45) is 0. The molecule has 3 rings (SSSR count). The second-order valence-electron chi connectivity index (χ2n) is 6.85. The molecule has 0 bridgehead atoms. The van der Waals surface area contributed by atoms with Crippen LogP contribution in [0.4, 0.5) is 0 Å². The molecule has 0 N–H and O–H groups in total. The van der Waals surface area contributed by atoms with E-state index in [4.69, 9.17) is 8.37 Å². The molecular weight excluding hydrogens is 456 g/mol. The van der Waals surface area contributed by atoms with E-state index in [-0.39, 0.29) is 21.1 Å². The van der Waals surface area contributed by atoms with Crippen LogP contribution in [0.5, 0.6) is 11.5 Å². The molecule has 0 amide bonds. The van der Waals surface area contributed by atoms with Crippen molar-refractivity contribution in [2.45, 2.75) is 23.6 Å². The highest BCUT2D eigenvalue weighted by atomic mass is 32.2. The second kappa shape index (κ2) is 9.01. The van der Waals surface area contributed by atoms with Gasteiger partial charge < -0.3 is 13.1 Å². The fourth-order valence-electron chi connectivity index (χ4n) is 2.65. The van der Waals surface area contributed by atoms with Gasteiger partial charge >= 0.3 is 26.2 Å². The zero-order chi connectivity index (χ0) is 23.5. The lowest BCUT2D eigenvalue weighted by atomic mass is 10.2. The SMILES string of the molecule is COC(=O)c1ccc(OS(=O)(=O)c2ccc(C)cc2)cc1OS(=O)(=O)c1ccc(C)cc1. The van der Waals surface area contributed by atoms with Crippen molar-refractivity contribution in [1.82, 2.24) is 0 Å². The Bertz CT molecular complexity index is 1340. The van der Waals surface area contributed by atoms with E-state index in [1.165, 1.54) is 30.3 Å². The number of carbonyl (C=O) groups excluding carboxylic acids is 1. The molecule has 3 aromatic rings. The molecule has 0 heterocycles. The minimum atomic E-state index is -4.32. The second-order valence-corrected chi connectivity index (χ2v) is 9.94. The Kier molecular flexibility index (Phi) is 6.56. The number of hydrogen-bond donors (Lipinski definition) is 0. The molecule has 0 radical (unpaired) electrons. The summed E-state index contributed by atoms with van der Waals surface area (Å²) in [5, 5.41) is 0. The van der Waals surface area contributed by atoms with Crippen molar-refractivity contribution in [3.8, 4) is 11.5 Å². The first-order valence-electron chi connectivity index (χ1n) is 9.26. The first-order valence-corrected chi connectivity index (χ1v) is 12.1. The topological polar surface area (TPSA) is 113 Å². The lowest BCUT2D eigenvalue weighted by Gasteiger charge is -2.13. The number of rotatable bonds is 7. The normalized spacial score (nSPS) is 11.6. The Hall–Kier alpha value is -3.37. The van der Waals surface area contributed by atoms with E-state index < -0.39 is 32.0 Å². The van der Waals surface area contributed by atoms with Gasteiger partial charge in [0, 0.05) is 6.07 Å². The molecule has 0 aliphatic rings. The van der Waals surface area contributed by atoms with Gasteiger partial charge in [0.25, 0.3) is 0 Å². The molecule has 0 aliphatic carbocycles. The van der Waals surface area contributed by atoms with Crippen LogP contribution in [-0.2, 0) is 25.0 Å². The lowest BCUT2D eigenvalue weighted by molar-refractivity contribution is 0.0599. The van der Waals surface area contributed by atoms with Gasteiger partial charge in [0.2, 0.25) is 0 Å². The highest BCUT2D eigenvalue weighted by molar-refractivity contribution is 7.87. The predicted molar refractivity (Wildman–Crippen MR) is 116 cm³/mol. The molecule has 0 aliphatic heterocycles. The molecule has 0 spiro atoms. The van der Waals surface area contributed by atoms with E-state index in [1.54, 1.807) is 38.1 Å². The quantitative estimate of drug-likeness (QED) is 0.375. The van der Waals surface area contributed by atoms with Crippen molar-refractivity contribution in [3.05, 3.63) is 83.4 Å². The minimum absolute atomic E-state index is 0.0881. The van der Waals surface area contributed by atoms with Crippen molar-refractivity contribution in [1.29, 1.82) is 0 Å². The maximum absolute atomic E-state index is 12.7. The number of ether oxygens (including phenoxy) is 1. The first-order chi connectivity index (χ1) is 15.0. The Morgan fingerprint density at radius 2 is 1.16 bits per heavy atom. The Morgan fingerprint density at radius 3 is 1.62 bits per heavy atom. The zero-order valence-electron chi connectivity index (χ0n) is 17.4. The average Bonchev–Trinajstić information content (AvgIpc) is 2.73. The molecule has 0 atom stereocenters. The zero-order valence-corrected chi connectivity index (χ0v) is 19.1. The number of esters is 1. The molecule has 168 valence electrons. The predicted octanol–water partition coefficient (Wildman–Crippen LogP) is 3.63. The van der Waals surface area contributed by atoms with Crippen LogP contribution in [0.2, 0.25) is 0 Å². The van der Waals surface area contributed by atoms with Crippen LogP contribution in [-0.4, -0.2) is 29.9 Å². The molecule has 0 saturated heterocycles. The molecule has 0 fully saturated rings. The smallest absolute Gasteiger partial charge is 0.341 e. The van der Waals surface area contributed by atoms with Crippen molar-refractivity contribution in [2.75, 3.05) is 7.11 Å². The summed E-state index contributed by atoms with van der Waals surface area (Å²) in [5.41, 5.74) is 1.49. The lowest BCUT2D eigenvalue weighted by Crippen LogP contribution is -2.14. The number of hydrogen-bond acceptors (Lipinski definition) is 8. The molecule has 10 heteroatoms. The summed E-state index contributed by atoms with van der Waals surface area (Å²) in [6, 6.07) is 15.2. The first kappa shape index (κ1) is 23.3. The Balaban J connectivity index is 1.99. The monoisotopic (exact) mass is 476 g/mol. The van der Waals surface area contributed by atoms with Crippen LogP contribution in [0.1, 0.15) is 21.5 Å². The minimum Gasteiger partial charge on any atom is -0.465 e. The van der Waals surface area contributed by atoms with E-state index in [1.807, 2.05) is 0 Å².